The Labute approximate surface area is 182 Å². The van der Waals surface area contributed by atoms with E-state index in [1.165, 1.54) is 19.3 Å². The predicted octanol–water partition coefficient (Wildman–Crippen LogP) is 2.59. The molecule has 7 heteroatoms. The fraction of sp³-hybridized carbons (Fsp3) is 0.636. The highest BCUT2D eigenvalue weighted by atomic mass is 79.9. The molecule has 2 aliphatic rings. The number of piperidine rings is 1. The van der Waals surface area contributed by atoms with E-state index in [1.807, 2.05) is 34.1 Å². The number of amides is 2. The van der Waals surface area contributed by atoms with E-state index in [0.29, 0.717) is 31.1 Å². The zero-order valence-electron chi connectivity index (χ0n) is 17.4. The molecule has 1 N–H and O–H groups in total. The zero-order chi connectivity index (χ0) is 20.6. The molecule has 2 fully saturated rings. The molecule has 6 nitrogen and oxygen atoms in total. The molecule has 0 aromatic heterocycles. The van der Waals surface area contributed by atoms with E-state index >= 15 is 0 Å². The first-order chi connectivity index (χ1) is 14.0. The lowest BCUT2D eigenvalue weighted by atomic mass is 10.0. The molecule has 29 heavy (non-hydrogen) atoms. The van der Waals surface area contributed by atoms with Crippen molar-refractivity contribution in [1.82, 2.24) is 20.0 Å². The molecule has 1 unspecified atom stereocenters. The summed E-state index contributed by atoms with van der Waals surface area (Å²) in [6, 6.07) is 8.05. The van der Waals surface area contributed by atoms with Crippen LogP contribution < -0.4 is 5.32 Å². The highest BCUT2D eigenvalue weighted by molar-refractivity contribution is 9.10. The van der Waals surface area contributed by atoms with Crippen molar-refractivity contribution < 1.29 is 9.59 Å². The van der Waals surface area contributed by atoms with Gasteiger partial charge in [-0.3, -0.25) is 14.5 Å². The molecule has 2 heterocycles. The fourth-order valence-electron chi connectivity index (χ4n) is 4.13. The standard InChI is InChI=1S/C22H33BrN4O2/c1-18-4-2-3-12-25(18)16-17-27(22(29)19-5-7-20(23)8-6-19)13-9-21(28)26-14-10-24-11-15-26/h5-8,18,24H,2-4,9-17H2,1H3. The van der Waals surface area contributed by atoms with Gasteiger partial charge in [0.25, 0.3) is 5.91 Å². The van der Waals surface area contributed by atoms with E-state index in [9.17, 15) is 9.59 Å². The molecule has 2 aliphatic heterocycles. The summed E-state index contributed by atoms with van der Waals surface area (Å²) in [4.78, 5) is 32.0. The third kappa shape index (κ3) is 6.52. The van der Waals surface area contributed by atoms with Gasteiger partial charge in [0.05, 0.1) is 0 Å². The second-order valence-electron chi connectivity index (χ2n) is 8.06. The number of halogens is 1. The maximum Gasteiger partial charge on any atom is 0.253 e. The number of nitrogens with zero attached hydrogens (tertiary/aromatic N) is 3. The molecule has 1 atom stereocenters. The summed E-state index contributed by atoms with van der Waals surface area (Å²) >= 11 is 3.43. The molecule has 2 amide bonds. The quantitative estimate of drug-likeness (QED) is 0.673. The van der Waals surface area contributed by atoms with Crippen LogP contribution in [0.4, 0.5) is 0 Å². The van der Waals surface area contributed by atoms with Crippen molar-refractivity contribution in [2.24, 2.45) is 0 Å². The Hall–Kier alpha value is -1.44. The van der Waals surface area contributed by atoms with E-state index in [2.05, 4.69) is 33.1 Å². The molecule has 1 aromatic rings. The molecule has 0 bridgehead atoms. The highest BCUT2D eigenvalue weighted by Crippen LogP contribution is 2.17. The Bertz CT molecular complexity index is 676. The monoisotopic (exact) mass is 464 g/mol. The molecule has 3 rings (SSSR count). The summed E-state index contributed by atoms with van der Waals surface area (Å²) in [6.45, 7) is 8.57. The van der Waals surface area contributed by atoms with Gasteiger partial charge in [-0.25, -0.2) is 0 Å². The minimum Gasteiger partial charge on any atom is -0.340 e. The van der Waals surface area contributed by atoms with Gasteiger partial charge < -0.3 is 15.1 Å². The van der Waals surface area contributed by atoms with Gasteiger partial charge in [0.2, 0.25) is 5.91 Å². The Morgan fingerprint density at radius 2 is 1.83 bits per heavy atom. The van der Waals surface area contributed by atoms with Gasteiger partial charge in [-0.15, -0.1) is 0 Å². The van der Waals surface area contributed by atoms with Crippen LogP contribution in [0.1, 0.15) is 43.0 Å². The first-order valence-corrected chi connectivity index (χ1v) is 11.6. The Morgan fingerprint density at radius 3 is 2.52 bits per heavy atom. The summed E-state index contributed by atoms with van der Waals surface area (Å²) < 4.78 is 0.955. The minimum absolute atomic E-state index is 0.00951. The molecule has 0 radical (unpaired) electrons. The van der Waals surface area contributed by atoms with Gasteiger partial charge in [-0.1, -0.05) is 22.4 Å². The Morgan fingerprint density at radius 1 is 1.10 bits per heavy atom. The lowest BCUT2D eigenvalue weighted by Crippen LogP contribution is -2.48. The van der Waals surface area contributed by atoms with Crippen molar-refractivity contribution >= 4 is 27.7 Å². The molecule has 0 aliphatic carbocycles. The number of hydrogen-bond acceptors (Lipinski definition) is 4. The van der Waals surface area contributed by atoms with Gasteiger partial charge in [-0.05, 0) is 50.6 Å². The molecule has 0 saturated carbocycles. The Kier molecular flexibility index (Phi) is 8.51. The number of nitrogens with one attached hydrogen (secondary N) is 1. The number of hydrogen-bond donors (Lipinski definition) is 1. The highest BCUT2D eigenvalue weighted by Gasteiger charge is 2.23. The summed E-state index contributed by atoms with van der Waals surface area (Å²) in [5, 5.41) is 3.27. The van der Waals surface area contributed by atoms with Crippen LogP contribution >= 0.6 is 15.9 Å². The van der Waals surface area contributed by atoms with Crippen LogP contribution in [0.5, 0.6) is 0 Å². The number of likely N-dealkylation sites (tertiary alicyclic amines) is 1. The van der Waals surface area contributed by atoms with E-state index in [1.54, 1.807) is 0 Å². The second-order valence-corrected chi connectivity index (χ2v) is 8.98. The summed E-state index contributed by atoms with van der Waals surface area (Å²) in [7, 11) is 0. The van der Waals surface area contributed by atoms with Crippen LogP contribution in [0.15, 0.2) is 28.7 Å². The van der Waals surface area contributed by atoms with Gasteiger partial charge >= 0.3 is 0 Å². The lowest BCUT2D eigenvalue weighted by molar-refractivity contribution is -0.131. The topological polar surface area (TPSA) is 55.9 Å². The third-order valence-electron chi connectivity index (χ3n) is 6.04. The molecular formula is C22H33BrN4O2. The lowest BCUT2D eigenvalue weighted by Gasteiger charge is -2.35. The van der Waals surface area contributed by atoms with Crippen molar-refractivity contribution in [2.75, 3.05) is 52.4 Å². The normalized spacial score (nSPS) is 20.5. The smallest absolute Gasteiger partial charge is 0.253 e. The number of carbonyl (C=O) groups is 2. The SMILES string of the molecule is CC1CCCCN1CCN(CCC(=O)N1CCNCC1)C(=O)c1ccc(Br)cc1. The first-order valence-electron chi connectivity index (χ1n) is 10.8. The van der Waals surface area contributed by atoms with Crippen LogP contribution in [0, 0.1) is 0 Å². The van der Waals surface area contributed by atoms with Crippen molar-refractivity contribution in [3.63, 3.8) is 0 Å². The Balaban J connectivity index is 1.62. The number of rotatable bonds is 7. The van der Waals surface area contributed by atoms with E-state index in [-0.39, 0.29) is 11.8 Å². The molecular weight excluding hydrogens is 432 g/mol. The van der Waals surface area contributed by atoms with Gasteiger partial charge in [0.15, 0.2) is 0 Å². The summed E-state index contributed by atoms with van der Waals surface area (Å²) in [6.07, 6.45) is 4.13. The first kappa shape index (κ1) is 22.2. The average Bonchev–Trinajstić information content (AvgIpc) is 2.75. The zero-order valence-corrected chi connectivity index (χ0v) is 19.0. The molecule has 2 saturated heterocycles. The van der Waals surface area contributed by atoms with E-state index < -0.39 is 0 Å². The van der Waals surface area contributed by atoms with Gasteiger partial charge in [-0.2, -0.15) is 0 Å². The van der Waals surface area contributed by atoms with Crippen molar-refractivity contribution in [3.05, 3.63) is 34.3 Å². The van der Waals surface area contributed by atoms with Crippen LogP contribution in [0.3, 0.4) is 0 Å². The maximum atomic E-state index is 13.2. The van der Waals surface area contributed by atoms with E-state index in [0.717, 1.165) is 43.7 Å². The maximum absolute atomic E-state index is 13.2. The largest absolute Gasteiger partial charge is 0.340 e. The van der Waals surface area contributed by atoms with Crippen LogP contribution in [-0.4, -0.2) is 84.9 Å². The molecule has 0 spiro atoms. The van der Waals surface area contributed by atoms with Crippen molar-refractivity contribution in [2.45, 2.75) is 38.6 Å². The van der Waals surface area contributed by atoms with Crippen LogP contribution in [0.25, 0.3) is 0 Å². The minimum atomic E-state index is 0.00951. The van der Waals surface area contributed by atoms with Crippen molar-refractivity contribution in [3.8, 4) is 0 Å². The van der Waals surface area contributed by atoms with Gasteiger partial charge in [0.1, 0.15) is 0 Å². The number of piperazine rings is 1. The summed E-state index contributed by atoms with van der Waals surface area (Å²) in [5.41, 5.74) is 0.675. The van der Waals surface area contributed by atoms with Crippen LogP contribution in [-0.2, 0) is 4.79 Å². The summed E-state index contributed by atoms with van der Waals surface area (Å²) in [5.74, 6) is 0.154. The van der Waals surface area contributed by atoms with E-state index in [4.69, 9.17) is 0 Å². The molecule has 160 valence electrons. The molecule has 1 aromatic carbocycles. The van der Waals surface area contributed by atoms with Crippen LogP contribution in [0.2, 0.25) is 0 Å². The van der Waals surface area contributed by atoms with Gasteiger partial charge in [0, 0.05) is 68.3 Å². The predicted molar refractivity (Wildman–Crippen MR) is 119 cm³/mol. The number of benzene rings is 1. The average molecular weight is 465 g/mol. The third-order valence-corrected chi connectivity index (χ3v) is 6.57. The van der Waals surface area contributed by atoms with Crippen molar-refractivity contribution in [1.29, 1.82) is 0 Å². The number of carbonyl (C=O) groups excluding carboxylic acids is 2. The second kappa shape index (κ2) is 11.1. The fourth-order valence-corrected chi connectivity index (χ4v) is 4.40.